The highest BCUT2D eigenvalue weighted by Gasteiger charge is 2.33. The van der Waals surface area contributed by atoms with E-state index in [0.717, 1.165) is 37.1 Å². The molecule has 1 aliphatic rings. The molecule has 0 spiro atoms. The Kier molecular flexibility index (Phi) is 4.58. The quantitative estimate of drug-likeness (QED) is 0.885. The Hall–Kier alpha value is -2.00. The van der Waals surface area contributed by atoms with Gasteiger partial charge in [0.25, 0.3) is 0 Å². The molecule has 0 saturated heterocycles. The van der Waals surface area contributed by atoms with Crippen molar-refractivity contribution in [3.8, 4) is 5.75 Å². The molecule has 0 amide bonds. The third kappa shape index (κ3) is 3.06. The van der Waals surface area contributed by atoms with Crippen molar-refractivity contribution in [2.75, 3.05) is 18.0 Å². The van der Waals surface area contributed by atoms with Crippen molar-refractivity contribution in [2.45, 2.75) is 32.8 Å². The standard InChI is InChI=1S/C20H25NO2/c1-3-21(4-2)17-10-8-14(9-11-17)12-16-13-15-6-5-7-18(22)19(15)20(16)23/h5-11,16,20,22-23H,3-4,12-13H2,1-2H3. The number of phenols is 1. The van der Waals surface area contributed by atoms with E-state index in [2.05, 4.69) is 43.0 Å². The predicted octanol–water partition coefficient (Wildman–Crippen LogP) is 3.69. The topological polar surface area (TPSA) is 43.7 Å². The fourth-order valence-corrected chi connectivity index (χ4v) is 3.67. The molecule has 2 unspecified atom stereocenters. The highest BCUT2D eigenvalue weighted by molar-refractivity contribution is 5.48. The molecule has 2 aromatic rings. The van der Waals surface area contributed by atoms with Gasteiger partial charge in [0, 0.05) is 24.3 Å². The number of benzene rings is 2. The van der Waals surface area contributed by atoms with Crippen molar-refractivity contribution in [1.29, 1.82) is 0 Å². The average Bonchev–Trinajstić information content (AvgIpc) is 2.87. The second-order valence-corrected chi connectivity index (χ2v) is 6.30. The maximum absolute atomic E-state index is 10.5. The van der Waals surface area contributed by atoms with Crippen LogP contribution in [-0.2, 0) is 12.8 Å². The number of anilines is 1. The van der Waals surface area contributed by atoms with Crippen molar-refractivity contribution in [1.82, 2.24) is 0 Å². The Morgan fingerprint density at radius 1 is 1.04 bits per heavy atom. The summed E-state index contributed by atoms with van der Waals surface area (Å²) in [6, 6.07) is 14.1. The van der Waals surface area contributed by atoms with Crippen LogP contribution < -0.4 is 4.90 Å². The summed E-state index contributed by atoms with van der Waals surface area (Å²) in [6.07, 6.45) is 1.07. The zero-order chi connectivity index (χ0) is 16.4. The maximum Gasteiger partial charge on any atom is 0.121 e. The second kappa shape index (κ2) is 6.63. The molecule has 23 heavy (non-hydrogen) atoms. The molecule has 0 saturated carbocycles. The first kappa shape index (κ1) is 15.9. The van der Waals surface area contributed by atoms with Gasteiger partial charge in [-0.1, -0.05) is 24.3 Å². The van der Waals surface area contributed by atoms with Gasteiger partial charge in [0.15, 0.2) is 0 Å². The number of aliphatic hydroxyl groups is 1. The molecule has 3 heteroatoms. The van der Waals surface area contributed by atoms with Crippen molar-refractivity contribution < 1.29 is 10.2 Å². The fourth-order valence-electron chi connectivity index (χ4n) is 3.67. The SMILES string of the molecule is CCN(CC)c1ccc(CC2Cc3cccc(O)c3C2O)cc1. The first-order valence-electron chi connectivity index (χ1n) is 8.46. The Labute approximate surface area is 138 Å². The van der Waals surface area contributed by atoms with Crippen LogP contribution in [0.25, 0.3) is 0 Å². The van der Waals surface area contributed by atoms with Crippen LogP contribution >= 0.6 is 0 Å². The molecule has 2 aromatic carbocycles. The smallest absolute Gasteiger partial charge is 0.121 e. The molecule has 2 atom stereocenters. The van der Waals surface area contributed by atoms with Gasteiger partial charge in [-0.05, 0) is 61.9 Å². The third-order valence-electron chi connectivity index (χ3n) is 4.96. The van der Waals surface area contributed by atoms with Crippen molar-refractivity contribution in [3.63, 3.8) is 0 Å². The molecule has 122 valence electrons. The maximum atomic E-state index is 10.5. The minimum absolute atomic E-state index is 0.137. The van der Waals surface area contributed by atoms with Gasteiger partial charge < -0.3 is 15.1 Å². The fraction of sp³-hybridized carbons (Fsp3) is 0.400. The Bertz CT molecular complexity index is 662. The minimum Gasteiger partial charge on any atom is -0.508 e. The van der Waals surface area contributed by atoms with Crippen LogP contribution in [0.4, 0.5) is 5.69 Å². The van der Waals surface area contributed by atoms with Crippen LogP contribution in [-0.4, -0.2) is 23.3 Å². The van der Waals surface area contributed by atoms with E-state index in [-0.39, 0.29) is 11.7 Å². The Morgan fingerprint density at radius 2 is 1.74 bits per heavy atom. The summed E-state index contributed by atoms with van der Waals surface area (Å²) in [5, 5.41) is 20.5. The lowest BCUT2D eigenvalue weighted by molar-refractivity contribution is 0.121. The summed E-state index contributed by atoms with van der Waals surface area (Å²) in [5.74, 6) is 0.354. The van der Waals surface area contributed by atoms with Crippen LogP contribution in [0.5, 0.6) is 5.75 Å². The van der Waals surface area contributed by atoms with E-state index in [0.29, 0.717) is 0 Å². The molecule has 3 rings (SSSR count). The predicted molar refractivity (Wildman–Crippen MR) is 94.0 cm³/mol. The largest absolute Gasteiger partial charge is 0.508 e. The molecule has 0 aliphatic heterocycles. The molecular formula is C20H25NO2. The van der Waals surface area contributed by atoms with Gasteiger partial charge in [-0.25, -0.2) is 0 Å². The van der Waals surface area contributed by atoms with E-state index in [1.807, 2.05) is 12.1 Å². The highest BCUT2D eigenvalue weighted by Crippen LogP contribution is 2.42. The van der Waals surface area contributed by atoms with Crippen LogP contribution in [0.3, 0.4) is 0 Å². The van der Waals surface area contributed by atoms with Gasteiger partial charge >= 0.3 is 0 Å². The van der Waals surface area contributed by atoms with Crippen LogP contribution in [0.1, 0.15) is 36.6 Å². The van der Waals surface area contributed by atoms with Gasteiger partial charge in [0.05, 0.1) is 6.10 Å². The van der Waals surface area contributed by atoms with Crippen LogP contribution in [0.15, 0.2) is 42.5 Å². The molecule has 0 heterocycles. The van der Waals surface area contributed by atoms with Gasteiger partial charge in [0.1, 0.15) is 5.75 Å². The van der Waals surface area contributed by atoms with Gasteiger partial charge in [-0.2, -0.15) is 0 Å². The molecule has 0 bridgehead atoms. The monoisotopic (exact) mass is 311 g/mol. The summed E-state index contributed by atoms with van der Waals surface area (Å²) in [6.45, 7) is 6.34. The summed E-state index contributed by atoms with van der Waals surface area (Å²) in [4.78, 5) is 2.32. The number of fused-ring (bicyclic) bond motifs is 1. The number of nitrogens with zero attached hydrogens (tertiary/aromatic N) is 1. The lowest BCUT2D eigenvalue weighted by atomic mass is 9.94. The summed E-state index contributed by atoms with van der Waals surface area (Å²) in [5.41, 5.74) is 4.27. The van der Waals surface area contributed by atoms with Crippen LogP contribution in [0.2, 0.25) is 0 Å². The van der Waals surface area contributed by atoms with Crippen molar-refractivity contribution in [2.24, 2.45) is 5.92 Å². The Morgan fingerprint density at radius 3 is 2.35 bits per heavy atom. The number of aromatic hydroxyl groups is 1. The lowest BCUT2D eigenvalue weighted by Gasteiger charge is -2.21. The second-order valence-electron chi connectivity index (χ2n) is 6.30. The first-order chi connectivity index (χ1) is 11.1. The molecule has 1 aliphatic carbocycles. The Balaban J connectivity index is 1.73. The van der Waals surface area contributed by atoms with E-state index < -0.39 is 6.10 Å². The van der Waals surface area contributed by atoms with Gasteiger partial charge in [-0.15, -0.1) is 0 Å². The van der Waals surface area contributed by atoms with E-state index in [9.17, 15) is 10.2 Å². The summed E-state index contributed by atoms with van der Waals surface area (Å²) in [7, 11) is 0. The number of phenolic OH excluding ortho intramolecular Hbond substituents is 1. The van der Waals surface area contributed by atoms with E-state index in [4.69, 9.17) is 0 Å². The van der Waals surface area contributed by atoms with E-state index >= 15 is 0 Å². The van der Waals surface area contributed by atoms with Crippen LogP contribution in [0, 0.1) is 5.92 Å². The van der Waals surface area contributed by atoms with Crippen molar-refractivity contribution in [3.05, 3.63) is 59.2 Å². The zero-order valence-electron chi connectivity index (χ0n) is 13.9. The number of hydrogen-bond donors (Lipinski definition) is 2. The number of rotatable bonds is 5. The molecule has 2 N–H and O–H groups in total. The van der Waals surface area contributed by atoms with E-state index in [1.165, 1.54) is 11.3 Å². The molecular weight excluding hydrogens is 286 g/mol. The molecule has 0 aromatic heterocycles. The molecule has 0 fully saturated rings. The lowest BCUT2D eigenvalue weighted by Crippen LogP contribution is -2.21. The molecule has 0 radical (unpaired) electrons. The van der Waals surface area contributed by atoms with Crippen molar-refractivity contribution >= 4 is 5.69 Å². The molecule has 3 nitrogen and oxygen atoms in total. The van der Waals surface area contributed by atoms with E-state index in [1.54, 1.807) is 6.07 Å². The average molecular weight is 311 g/mol. The number of hydrogen-bond acceptors (Lipinski definition) is 3. The number of aliphatic hydroxyl groups excluding tert-OH is 1. The highest BCUT2D eigenvalue weighted by atomic mass is 16.3. The van der Waals surface area contributed by atoms with Gasteiger partial charge in [-0.3, -0.25) is 0 Å². The summed E-state index contributed by atoms with van der Waals surface area (Å²) >= 11 is 0. The third-order valence-corrected chi connectivity index (χ3v) is 4.96. The normalized spacial score (nSPS) is 19.6. The first-order valence-corrected chi connectivity index (χ1v) is 8.46. The van der Waals surface area contributed by atoms with Gasteiger partial charge in [0.2, 0.25) is 0 Å². The summed E-state index contributed by atoms with van der Waals surface area (Å²) < 4.78 is 0. The zero-order valence-corrected chi connectivity index (χ0v) is 13.9. The minimum atomic E-state index is -0.575.